The van der Waals surface area contributed by atoms with Crippen molar-refractivity contribution in [2.75, 3.05) is 33.5 Å². The van der Waals surface area contributed by atoms with E-state index in [1.165, 1.54) is 38.5 Å². The molecule has 114 valence electrons. The minimum Gasteiger partial charge on any atom is -0.385 e. The average Bonchev–Trinajstić information content (AvgIpc) is 2.42. The van der Waals surface area contributed by atoms with Crippen molar-refractivity contribution in [3.8, 4) is 0 Å². The summed E-state index contributed by atoms with van der Waals surface area (Å²) >= 11 is 0. The SMILES string of the molecule is COCCCOCCC1(CNC(C)C)CCCCC1. The van der Waals surface area contributed by atoms with Crippen LogP contribution in [0.2, 0.25) is 0 Å². The molecule has 3 nitrogen and oxygen atoms in total. The van der Waals surface area contributed by atoms with Crippen LogP contribution in [0.5, 0.6) is 0 Å². The molecule has 0 heterocycles. The second-order valence-electron chi connectivity index (χ2n) is 6.30. The molecule has 0 saturated heterocycles. The highest BCUT2D eigenvalue weighted by Crippen LogP contribution is 2.38. The molecule has 3 heteroatoms. The number of methoxy groups -OCH3 is 1. The van der Waals surface area contributed by atoms with Crippen molar-refractivity contribution in [2.45, 2.75) is 64.8 Å². The van der Waals surface area contributed by atoms with Gasteiger partial charge in [0.2, 0.25) is 0 Å². The Kier molecular flexibility index (Phi) is 8.67. The number of ether oxygens (including phenoxy) is 2. The van der Waals surface area contributed by atoms with Gasteiger partial charge in [-0.1, -0.05) is 33.1 Å². The molecule has 1 aliphatic carbocycles. The van der Waals surface area contributed by atoms with E-state index >= 15 is 0 Å². The minimum absolute atomic E-state index is 0.490. The molecule has 0 radical (unpaired) electrons. The quantitative estimate of drug-likeness (QED) is 0.618. The Labute approximate surface area is 119 Å². The first kappa shape index (κ1) is 16.9. The van der Waals surface area contributed by atoms with Crippen LogP contribution in [0.3, 0.4) is 0 Å². The van der Waals surface area contributed by atoms with Gasteiger partial charge in [0.25, 0.3) is 0 Å². The van der Waals surface area contributed by atoms with Crippen molar-refractivity contribution in [1.82, 2.24) is 5.32 Å². The van der Waals surface area contributed by atoms with Gasteiger partial charge in [-0.05, 0) is 31.1 Å². The highest BCUT2D eigenvalue weighted by Gasteiger charge is 2.31. The molecule has 1 fully saturated rings. The molecule has 0 spiro atoms. The van der Waals surface area contributed by atoms with Crippen molar-refractivity contribution in [2.24, 2.45) is 5.41 Å². The lowest BCUT2D eigenvalue weighted by Gasteiger charge is -2.38. The molecule has 0 aliphatic heterocycles. The largest absolute Gasteiger partial charge is 0.385 e. The van der Waals surface area contributed by atoms with Crippen molar-refractivity contribution in [3.05, 3.63) is 0 Å². The van der Waals surface area contributed by atoms with Crippen LogP contribution in [-0.2, 0) is 9.47 Å². The van der Waals surface area contributed by atoms with Crippen molar-refractivity contribution in [3.63, 3.8) is 0 Å². The third-order valence-corrected chi connectivity index (χ3v) is 4.21. The zero-order chi connectivity index (χ0) is 14.0. The van der Waals surface area contributed by atoms with Gasteiger partial charge in [-0.3, -0.25) is 0 Å². The molecular formula is C16H33NO2. The molecule has 0 aromatic rings. The predicted molar refractivity (Wildman–Crippen MR) is 80.6 cm³/mol. The third kappa shape index (κ3) is 7.28. The van der Waals surface area contributed by atoms with Gasteiger partial charge in [-0.25, -0.2) is 0 Å². The maximum atomic E-state index is 5.76. The minimum atomic E-state index is 0.490. The molecule has 0 unspecified atom stereocenters. The Bertz CT molecular complexity index is 213. The molecule has 0 aromatic heterocycles. The monoisotopic (exact) mass is 271 g/mol. The fourth-order valence-electron chi connectivity index (χ4n) is 2.93. The van der Waals surface area contributed by atoms with Gasteiger partial charge in [-0.15, -0.1) is 0 Å². The van der Waals surface area contributed by atoms with Gasteiger partial charge in [0.15, 0.2) is 0 Å². The zero-order valence-corrected chi connectivity index (χ0v) is 13.2. The summed E-state index contributed by atoms with van der Waals surface area (Å²) in [6.45, 7) is 8.17. The van der Waals surface area contributed by atoms with Gasteiger partial charge in [0.05, 0.1) is 0 Å². The van der Waals surface area contributed by atoms with E-state index in [2.05, 4.69) is 19.2 Å². The second kappa shape index (κ2) is 9.73. The number of nitrogens with one attached hydrogen (secondary N) is 1. The first-order valence-corrected chi connectivity index (χ1v) is 7.99. The average molecular weight is 271 g/mol. The topological polar surface area (TPSA) is 30.5 Å². The summed E-state index contributed by atoms with van der Waals surface area (Å²) < 4.78 is 10.8. The molecule has 19 heavy (non-hydrogen) atoms. The maximum absolute atomic E-state index is 5.76. The Hall–Kier alpha value is -0.120. The van der Waals surface area contributed by atoms with Crippen LogP contribution < -0.4 is 5.32 Å². The smallest absolute Gasteiger partial charge is 0.0487 e. The molecule has 0 atom stereocenters. The Morgan fingerprint density at radius 1 is 1.05 bits per heavy atom. The molecular weight excluding hydrogens is 238 g/mol. The number of hydrogen-bond donors (Lipinski definition) is 1. The third-order valence-electron chi connectivity index (χ3n) is 4.21. The Balaban J connectivity index is 2.24. The van der Waals surface area contributed by atoms with Gasteiger partial charge in [0.1, 0.15) is 0 Å². The first-order valence-electron chi connectivity index (χ1n) is 7.99. The first-order chi connectivity index (χ1) is 9.18. The van der Waals surface area contributed by atoms with Gasteiger partial charge in [0, 0.05) is 39.5 Å². The molecule has 0 bridgehead atoms. The van der Waals surface area contributed by atoms with E-state index in [9.17, 15) is 0 Å². The van der Waals surface area contributed by atoms with Gasteiger partial charge >= 0.3 is 0 Å². The van der Waals surface area contributed by atoms with Crippen LogP contribution in [0.15, 0.2) is 0 Å². The summed E-state index contributed by atoms with van der Waals surface area (Å²) in [6.07, 6.45) is 9.15. The van der Waals surface area contributed by atoms with E-state index in [1.807, 2.05) is 0 Å². The lowest BCUT2D eigenvalue weighted by Crippen LogP contribution is -2.39. The van der Waals surface area contributed by atoms with E-state index < -0.39 is 0 Å². The molecule has 1 aliphatic rings. The summed E-state index contributed by atoms with van der Waals surface area (Å²) in [7, 11) is 1.74. The fourth-order valence-corrected chi connectivity index (χ4v) is 2.93. The van der Waals surface area contributed by atoms with E-state index in [1.54, 1.807) is 7.11 Å². The second-order valence-corrected chi connectivity index (χ2v) is 6.30. The number of hydrogen-bond acceptors (Lipinski definition) is 3. The van der Waals surface area contributed by atoms with Crippen molar-refractivity contribution in [1.29, 1.82) is 0 Å². The molecule has 0 aromatic carbocycles. The lowest BCUT2D eigenvalue weighted by atomic mass is 9.72. The van der Waals surface area contributed by atoms with Crippen molar-refractivity contribution >= 4 is 0 Å². The van der Waals surface area contributed by atoms with Crippen LogP contribution in [0.25, 0.3) is 0 Å². The fraction of sp³-hybridized carbons (Fsp3) is 1.00. The Morgan fingerprint density at radius 3 is 2.42 bits per heavy atom. The van der Waals surface area contributed by atoms with E-state index in [0.717, 1.165) is 32.8 Å². The standard InChI is InChI=1S/C16H33NO2/c1-15(2)17-14-16(8-5-4-6-9-16)10-13-19-12-7-11-18-3/h15,17H,4-14H2,1-3H3. The summed E-state index contributed by atoms with van der Waals surface area (Å²) in [6, 6.07) is 0.585. The zero-order valence-electron chi connectivity index (χ0n) is 13.2. The normalized spacial score (nSPS) is 18.9. The summed E-state index contributed by atoms with van der Waals surface area (Å²) in [5, 5.41) is 3.64. The maximum Gasteiger partial charge on any atom is 0.0487 e. The summed E-state index contributed by atoms with van der Waals surface area (Å²) in [5.41, 5.74) is 0.490. The van der Waals surface area contributed by atoms with E-state index in [0.29, 0.717) is 11.5 Å². The van der Waals surface area contributed by atoms with Crippen LogP contribution in [-0.4, -0.2) is 39.5 Å². The van der Waals surface area contributed by atoms with E-state index in [-0.39, 0.29) is 0 Å². The highest BCUT2D eigenvalue weighted by molar-refractivity contribution is 4.85. The molecule has 1 N–H and O–H groups in total. The van der Waals surface area contributed by atoms with Crippen LogP contribution in [0, 0.1) is 5.41 Å². The summed E-state index contributed by atoms with van der Waals surface area (Å²) in [4.78, 5) is 0. The molecule has 0 amide bonds. The van der Waals surface area contributed by atoms with Gasteiger partial charge < -0.3 is 14.8 Å². The van der Waals surface area contributed by atoms with Crippen LogP contribution >= 0.6 is 0 Å². The molecule has 1 saturated carbocycles. The number of rotatable bonds is 10. The summed E-state index contributed by atoms with van der Waals surface area (Å²) in [5.74, 6) is 0. The highest BCUT2D eigenvalue weighted by atomic mass is 16.5. The van der Waals surface area contributed by atoms with Crippen LogP contribution in [0.4, 0.5) is 0 Å². The van der Waals surface area contributed by atoms with Crippen LogP contribution in [0.1, 0.15) is 58.8 Å². The molecule has 1 rings (SSSR count). The van der Waals surface area contributed by atoms with E-state index in [4.69, 9.17) is 9.47 Å². The van der Waals surface area contributed by atoms with Gasteiger partial charge in [-0.2, -0.15) is 0 Å². The Morgan fingerprint density at radius 2 is 1.79 bits per heavy atom. The van der Waals surface area contributed by atoms with Crippen molar-refractivity contribution < 1.29 is 9.47 Å². The predicted octanol–water partition coefficient (Wildman–Crippen LogP) is 3.38. The lowest BCUT2D eigenvalue weighted by molar-refractivity contribution is 0.0605.